The van der Waals surface area contributed by atoms with E-state index in [0.717, 1.165) is 17.8 Å². The number of anilines is 1. The molecule has 148 valence electrons. The average Bonchev–Trinajstić information content (AvgIpc) is 2.53. The number of amides is 1. The van der Waals surface area contributed by atoms with Crippen LogP contribution >= 0.6 is 0 Å². The lowest BCUT2D eigenvalue weighted by Crippen LogP contribution is -3.03. The van der Waals surface area contributed by atoms with E-state index in [0.29, 0.717) is 5.69 Å². The van der Waals surface area contributed by atoms with Gasteiger partial charge in [-0.1, -0.05) is 0 Å². The van der Waals surface area contributed by atoms with E-state index in [1.54, 1.807) is 0 Å². The maximum Gasteiger partial charge on any atom is 0.573 e. The normalized spacial score (nSPS) is 33.0. The summed E-state index contributed by atoms with van der Waals surface area (Å²) in [4.78, 5) is 12.6. The molecule has 0 aliphatic heterocycles. The summed E-state index contributed by atoms with van der Waals surface area (Å²) >= 11 is 0. The highest BCUT2D eigenvalue weighted by Gasteiger charge is 2.54. The molecule has 27 heavy (non-hydrogen) atoms. The standard InChI is InChI=1S/C20H25F3N2O2/c1-12(25-19-9-13-6-14(10-19)8-15(7-13)11-19)18(26)24-16-2-4-17(5-3-16)27-20(21,22)23/h2-5,12-15,25H,6-11H2,1H3,(H,24,26)/p+1/t12-,13?,14?,15?,19?/m0/s1. The molecule has 4 aliphatic carbocycles. The third-order valence-corrected chi connectivity index (χ3v) is 6.46. The van der Waals surface area contributed by atoms with Crippen molar-refractivity contribution in [3.05, 3.63) is 24.3 Å². The molecule has 4 nitrogen and oxygen atoms in total. The molecule has 4 aliphatic rings. The molecule has 0 unspecified atom stereocenters. The van der Waals surface area contributed by atoms with Crippen LogP contribution in [0, 0.1) is 17.8 Å². The Morgan fingerprint density at radius 3 is 2.11 bits per heavy atom. The highest BCUT2D eigenvalue weighted by molar-refractivity contribution is 5.93. The third-order valence-electron chi connectivity index (χ3n) is 6.46. The Balaban J connectivity index is 1.34. The number of carbonyl (C=O) groups excluding carboxylic acids is 1. The number of nitrogens with one attached hydrogen (secondary N) is 1. The van der Waals surface area contributed by atoms with Gasteiger partial charge < -0.3 is 15.4 Å². The Labute approximate surface area is 156 Å². The lowest BCUT2D eigenvalue weighted by Gasteiger charge is -2.55. The Morgan fingerprint density at radius 1 is 1.11 bits per heavy atom. The van der Waals surface area contributed by atoms with E-state index < -0.39 is 6.36 Å². The monoisotopic (exact) mass is 383 g/mol. The largest absolute Gasteiger partial charge is 0.573 e. The predicted molar refractivity (Wildman–Crippen MR) is 94.0 cm³/mol. The van der Waals surface area contributed by atoms with Crippen LogP contribution in [0.25, 0.3) is 0 Å². The van der Waals surface area contributed by atoms with Gasteiger partial charge in [0.2, 0.25) is 0 Å². The first-order valence-corrected chi connectivity index (χ1v) is 9.72. The smallest absolute Gasteiger partial charge is 0.406 e. The van der Waals surface area contributed by atoms with Gasteiger partial charge in [-0.25, -0.2) is 0 Å². The van der Waals surface area contributed by atoms with Crippen molar-refractivity contribution in [2.75, 3.05) is 5.32 Å². The highest BCUT2D eigenvalue weighted by Crippen LogP contribution is 2.54. The van der Waals surface area contributed by atoms with Crippen LogP contribution in [0.1, 0.15) is 45.4 Å². The zero-order valence-corrected chi connectivity index (χ0v) is 15.4. The molecule has 0 radical (unpaired) electrons. The van der Waals surface area contributed by atoms with Crippen LogP contribution in [0.3, 0.4) is 0 Å². The number of hydrogen-bond acceptors (Lipinski definition) is 2. The fourth-order valence-electron chi connectivity index (χ4n) is 5.98. The molecule has 1 aromatic rings. The van der Waals surface area contributed by atoms with Crippen LogP contribution in [0.4, 0.5) is 18.9 Å². The Morgan fingerprint density at radius 2 is 1.63 bits per heavy atom. The molecule has 3 N–H and O–H groups in total. The van der Waals surface area contributed by atoms with Crippen molar-refractivity contribution in [2.45, 2.75) is 63.4 Å². The summed E-state index contributed by atoms with van der Waals surface area (Å²) in [5, 5.41) is 5.07. The summed E-state index contributed by atoms with van der Waals surface area (Å²) in [6.45, 7) is 1.91. The lowest BCUT2D eigenvalue weighted by molar-refractivity contribution is -0.754. The zero-order valence-electron chi connectivity index (χ0n) is 15.4. The number of ether oxygens (including phenoxy) is 1. The summed E-state index contributed by atoms with van der Waals surface area (Å²) in [5.74, 6) is 2.06. The number of carbonyl (C=O) groups is 1. The van der Waals surface area contributed by atoms with Crippen molar-refractivity contribution in [3.8, 4) is 5.75 Å². The van der Waals surface area contributed by atoms with Crippen LogP contribution in [-0.2, 0) is 4.79 Å². The Kier molecular flexibility index (Phi) is 4.61. The first kappa shape index (κ1) is 18.6. The van der Waals surface area contributed by atoms with Gasteiger partial charge in [-0.15, -0.1) is 13.2 Å². The Hall–Kier alpha value is -1.76. The van der Waals surface area contributed by atoms with Gasteiger partial charge in [-0.3, -0.25) is 4.79 Å². The van der Waals surface area contributed by atoms with E-state index in [-0.39, 0.29) is 23.2 Å². The number of rotatable bonds is 5. The van der Waals surface area contributed by atoms with Crippen LogP contribution in [-0.4, -0.2) is 23.9 Å². The summed E-state index contributed by atoms with van der Waals surface area (Å²) in [6.07, 6.45) is 2.99. The van der Waals surface area contributed by atoms with Crippen molar-refractivity contribution in [1.29, 1.82) is 0 Å². The van der Waals surface area contributed by atoms with E-state index in [4.69, 9.17) is 0 Å². The van der Waals surface area contributed by atoms with Gasteiger partial charge in [0.05, 0.1) is 5.54 Å². The fourth-order valence-corrected chi connectivity index (χ4v) is 5.98. The van der Waals surface area contributed by atoms with E-state index in [1.807, 2.05) is 6.92 Å². The van der Waals surface area contributed by atoms with Gasteiger partial charge >= 0.3 is 6.36 Å². The molecule has 0 saturated heterocycles. The molecule has 0 aromatic heterocycles. The van der Waals surface area contributed by atoms with Gasteiger partial charge in [0.15, 0.2) is 6.04 Å². The van der Waals surface area contributed by atoms with Gasteiger partial charge in [0.25, 0.3) is 5.91 Å². The molecule has 5 rings (SSSR count). The molecular formula is C20H26F3N2O2+. The quantitative estimate of drug-likeness (QED) is 0.818. The van der Waals surface area contributed by atoms with Crippen LogP contribution < -0.4 is 15.4 Å². The highest BCUT2D eigenvalue weighted by atomic mass is 19.4. The van der Waals surface area contributed by atoms with Crippen molar-refractivity contribution < 1.29 is 28.0 Å². The molecule has 1 atom stereocenters. The van der Waals surface area contributed by atoms with Crippen molar-refractivity contribution in [2.24, 2.45) is 17.8 Å². The van der Waals surface area contributed by atoms with Crippen molar-refractivity contribution >= 4 is 11.6 Å². The summed E-state index contributed by atoms with van der Waals surface area (Å²) in [6, 6.07) is 5.03. The molecule has 4 saturated carbocycles. The van der Waals surface area contributed by atoms with Crippen molar-refractivity contribution in [3.63, 3.8) is 0 Å². The maximum atomic E-state index is 12.6. The fraction of sp³-hybridized carbons (Fsp3) is 0.650. The van der Waals surface area contributed by atoms with E-state index in [9.17, 15) is 18.0 Å². The second-order valence-corrected chi connectivity index (χ2v) is 8.80. The lowest BCUT2D eigenvalue weighted by atomic mass is 9.53. The molecule has 4 bridgehead atoms. The number of benzene rings is 1. The minimum atomic E-state index is -4.72. The second kappa shape index (κ2) is 6.69. The number of alkyl halides is 3. The first-order valence-electron chi connectivity index (χ1n) is 9.72. The van der Waals surface area contributed by atoms with Gasteiger partial charge in [-0.2, -0.15) is 0 Å². The summed E-state index contributed by atoms with van der Waals surface area (Å²) in [7, 11) is 0. The molecule has 1 amide bonds. The summed E-state index contributed by atoms with van der Waals surface area (Å²) in [5.41, 5.74) is 0.677. The topological polar surface area (TPSA) is 54.9 Å². The number of halogens is 3. The number of nitrogens with two attached hydrogens (primary N) is 1. The van der Waals surface area contributed by atoms with E-state index >= 15 is 0 Å². The molecule has 1 aromatic carbocycles. The predicted octanol–water partition coefficient (Wildman–Crippen LogP) is 3.44. The number of hydrogen-bond donors (Lipinski definition) is 2. The molecular weight excluding hydrogens is 357 g/mol. The van der Waals surface area contributed by atoms with E-state index in [2.05, 4.69) is 15.4 Å². The minimum Gasteiger partial charge on any atom is -0.406 e. The van der Waals surface area contributed by atoms with Gasteiger partial charge in [0.1, 0.15) is 5.75 Å². The maximum absolute atomic E-state index is 12.6. The SMILES string of the molecule is C[C@H]([NH2+]C12CC3CC(CC(C3)C1)C2)C(=O)Nc1ccc(OC(F)(F)F)cc1. The molecule has 7 heteroatoms. The van der Waals surface area contributed by atoms with E-state index in [1.165, 1.54) is 62.8 Å². The molecule has 0 heterocycles. The van der Waals surface area contributed by atoms with Crippen LogP contribution in [0.5, 0.6) is 5.75 Å². The molecule has 4 fully saturated rings. The summed E-state index contributed by atoms with van der Waals surface area (Å²) < 4.78 is 40.5. The second-order valence-electron chi connectivity index (χ2n) is 8.80. The van der Waals surface area contributed by atoms with Gasteiger partial charge in [0, 0.05) is 24.9 Å². The van der Waals surface area contributed by atoms with Crippen LogP contribution in [0.2, 0.25) is 0 Å². The average molecular weight is 383 g/mol. The number of quaternary nitrogens is 1. The Bertz CT molecular complexity index is 667. The van der Waals surface area contributed by atoms with Crippen LogP contribution in [0.15, 0.2) is 24.3 Å². The van der Waals surface area contributed by atoms with Crippen molar-refractivity contribution in [1.82, 2.24) is 0 Å². The third kappa shape index (κ3) is 4.23. The zero-order chi connectivity index (χ0) is 19.2. The molecule has 0 spiro atoms. The first-order chi connectivity index (χ1) is 12.7. The minimum absolute atomic E-state index is 0.116. The van der Waals surface area contributed by atoms with Gasteiger partial charge in [-0.05, 0) is 68.2 Å².